The molecule has 0 aliphatic carbocycles. The largest absolute Gasteiger partial charge is 0.484 e. The number of carbonyl (C=O) groups is 1. The fourth-order valence-corrected chi connectivity index (χ4v) is 3.59. The van der Waals surface area contributed by atoms with Gasteiger partial charge in [-0.05, 0) is 47.4 Å². The van der Waals surface area contributed by atoms with Gasteiger partial charge < -0.3 is 15.0 Å². The molecular formula is C23H24N2O2. The molecule has 1 amide bonds. The molecule has 0 aromatic heterocycles. The van der Waals surface area contributed by atoms with Crippen LogP contribution in [-0.4, -0.2) is 32.1 Å². The summed E-state index contributed by atoms with van der Waals surface area (Å²) in [6.07, 6.45) is 2.04. The van der Waals surface area contributed by atoms with Crippen LogP contribution in [0.5, 0.6) is 5.75 Å². The van der Waals surface area contributed by atoms with E-state index < -0.39 is 0 Å². The van der Waals surface area contributed by atoms with E-state index in [1.807, 2.05) is 36.4 Å². The lowest BCUT2D eigenvalue weighted by Crippen LogP contribution is -2.32. The molecule has 0 unspecified atom stereocenters. The minimum absolute atomic E-state index is 0.0465. The van der Waals surface area contributed by atoms with Gasteiger partial charge in [0.25, 0.3) is 5.91 Å². The highest BCUT2D eigenvalue weighted by atomic mass is 16.5. The summed E-state index contributed by atoms with van der Waals surface area (Å²) in [6, 6.07) is 22.5. The summed E-state index contributed by atoms with van der Waals surface area (Å²) < 4.78 is 5.63. The van der Waals surface area contributed by atoms with Crippen molar-refractivity contribution < 1.29 is 9.53 Å². The van der Waals surface area contributed by atoms with Crippen molar-refractivity contribution in [2.45, 2.75) is 12.8 Å². The van der Waals surface area contributed by atoms with Crippen LogP contribution in [0.3, 0.4) is 0 Å². The summed E-state index contributed by atoms with van der Waals surface area (Å²) in [5, 5.41) is 5.22. The van der Waals surface area contributed by atoms with Crippen LogP contribution in [0.15, 0.2) is 66.7 Å². The summed E-state index contributed by atoms with van der Waals surface area (Å²) in [4.78, 5) is 14.4. The fraction of sp³-hybridized carbons (Fsp3) is 0.261. The van der Waals surface area contributed by atoms with Crippen molar-refractivity contribution in [1.29, 1.82) is 0 Å². The number of carbonyl (C=O) groups excluding carboxylic acids is 1. The number of para-hydroxylation sites is 1. The molecule has 0 saturated heterocycles. The van der Waals surface area contributed by atoms with E-state index >= 15 is 0 Å². The monoisotopic (exact) mass is 360 g/mol. The maximum atomic E-state index is 12.0. The van der Waals surface area contributed by atoms with Crippen molar-refractivity contribution >= 4 is 22.4 Å². The fourth-order valence-electron chi connectivity index (χ4n) is 3.59. The number of nitrogens with zero attached hydrogens (tertiary/aromatic N) is 1. The minimum Gasteiger partial charge on any atom is -0.484 e. The highest BCUT2D eigenvalue weighted by Crippen LogP contribution is 2.27. The molecule has 3 aromatic rings. The van der Waals surface area contributed by atoms with Gasteiger partial charge in [-0.1, -0.05) is 48.5 Å². The molecule has 27 heavy (non-hydrogen) atoms. The molecule has 4 heteroatoms. The van der Waals surface area contributed by atoms with E-state index in [-0.39, 0.29) is 12.5 Å². The van der Waals surface area contributed by atoms with Gasteiger partial charge in [-0.25, -0.2) is 0 Å². The van der Waals surface area contributed by atoms with Gasteiger partial charge in [0, 0.05) is 25.3 Å². The lowest BCUT2D eigenvalue weighted by Gasteiger charge is -2.19. The van der Waals surface area contributed by atoms with Crippen molar-refractivity contribution in [2.24, 2.45) is 0 Å². The first-order valence-corrected chi connectivity index (χ1v) is 9.51. The van der Waals surface area contributed by atoms with Crippen LogP contribution in [0.2, 0.25) is 0 Å². The van der Waals surface area contributed by atoms with Crippen molar-refractivity contribution in [3.05, 3.63) is 72.3 Å². The molecule has 0 saturated carbocycles. The Balaban J connectivity index is 1.19. The molecule has 0 radical (unpaired) electrons. The average Bonchev–Trinajstić information content (AvgIpc) is 3.13. The van der Waals surface area contributed by atoms with E-state index in [4.69, 9.17) is 4.74 Å². The zero-order valence-corrected chi connectivity index (χ0v) is 15.4. The Bertz CT molecular complexity index is 938. The number of fused-ring (bicyclic) bond motifs is 2. The first kappa shape index (κ1) is 17.4. The van der Waals surface area contributed by atoms with Crippen molar-refractivity contribution in [1.82, 2.24) is 5.32 Å². The Kier molecular flexibility index (Phi) is 5.24. The lowest BCUT2D eigenvalue weighted by molar-refractivity contribution is -0.123. The third-order valence-corrected chi connectivity index (χ3v) is 5.00. The van der Waals surface area contributed by atoms with E-state index in [0.29, 0.717) is 6.54 Å². The number of amides is 1. The van der Waals surface area contributed by atoms with Crippen LogP contribution in [0.1, 0.15) is 12.0 Å². The van der Waals surface area contributed by atoms with Gasteiger partial charge >= 0.3 is 0 Å². The van der Waals surface area contributed by atoms with E-state index in [0.717, 1.165) is 42.5 Å². The van der Waals surface area contributed by atoms with Gasteiger partial charge in [0.2, 0.25) is 0 Å². The van der Waals surface area contributed by atoms with Crippen molar-refractivity contribution in [3.63, 3.8) is 0 Å². The van der Waals surface area contributed by atoms with Crippen LogP contribution in [-0.2, 0) is 11.2 Å². The third-order valence-electron chi connectivity index (χ3n) is 5.00. The summed E-state index contributed by atoms with van der Waals surface area (Å²) in [6.45, 7) is 2.74. The molecule has 1 N–H and O–H groups in total. The second-order valence-electron chi connectivity index (χ2n) is 6.87. The molecule has 138 valence electrons. The Morgan fingerprint density at radius 2 is 1.81 bits per heavy atom. The van der Waals surface area contributed by atoms with Gasteiger partial charge in [0.05, 0.1) is 0 Å². The molecule has 1 heterocycles. The molecule has 4 nitrogen and oxygen atoms in total. The normalized spacial score (nSPS) is 12.8. The summed E-state index contributed by atoms with van der Waals surface area (Å²) in [7, 11) is 0. The number of nitrogens with one attached hydrogen (secondary N) is 1. The van der Waals surface area contributed by atoms with Crippen LogP contribution in [0.4, 0.5) is 5.69 Å². The highest BCUT2D eigenvalue weighted by Gasteiger charge is 2.17. The van der Waals surface area contributed by atoms with Crippen LogP contribution >= 0.6 is 0 Å². The van der Waals surface area contributed by atoms with Gasteiger partial charge in [-0.3, -0.25) is 4.79 Å². The Hall–Kier alpha value is -3.01. The zero-order valence-electron chi connectivity index (χ0n) is 15.4. The molecule has 1 aliphatic rings. The standard InChI is InChI=1S/C23H24N2O2/c26-23(17-27-21-11-10-18-6-1-2-8-20(18)16-21)24-13-5-14-25-15-12-19-7-3-4-9-22(19)25/h1-4,6-11,16H,5,12-15,17H2,(H,24,26). The maximum Gasteiger partial charge on any atom is 0.257 e. The summed E-state index contributed by atoms with van der Waals surface area (Å²) in [5.41, 5.74) is 2.76. The zero-order chi connectivity index (χ0) is 18.5. The summed E-state index contributed by atoms with van der Waals surface area (Å²) in [5.74, 6) is 0.641. The highest BCUT2D eigenvalue weighted by molar-refractivity contribution is 5.84. The number of hydrogen-bond donors (Lipinski definition) is 1. The van der Waals surface area contributed by atoms with Gasteiger partial charge in [0.1, 0.15) is 5.75 Å². The molecule has 0 spiro atoms. The van der Waals surface area contributed by atoms with Gasteiger partial charge in [-0.15, -0.1) is 0 Å². The number of anilines is 1. The van der Waals surface area contributed by atoms with Crippen LogP contribution in [0, 0.1) is 0 Å². The summed E-state index contributed by atoms with van der Waals surface area (Å²) >= 11 is 0. The topological polar surface area (TPSA) is 41.6 Å². The minimum atomic E-state index is -0.0787. The molecule has 0 bridgehead atoms. The molecular weight excluding hydrogens is 336 g/mol. The molecule has 0 fully saturated rings. The molecule has 1 aliphatic heterocycles. The Morgan fingerprint density at radius 1 is 1.00 bits per heavy atom. The first-order chi connectivity index (χ1) is 13.3. The lowest BCUT2D eigenvalue weighted by atomic mass is 10.1. The first-order valence-electron chi connectivity index (χ1n) is 9.51. The predicted molar refractivity (Wildman–Crippen MR) is 109 cm³/mol. The number of hydrogen-bond acceptors (Lipinski definition) is 3. The predicted octanol–water partition coefficient (Wildman–Crippen LogP) is 3.79. The smallest absolute Gasteiger partial charge is 0.257 e. The quantitative estimate of drug-likeness (QED) is 0.652. The molecule has 0 atom stereocenters. The van der Waals surface area contributed by atoms with Crippen molar-refractivity contribution in [2.75, 3.05) is 31.1 Å². The van der Waals surface area contributed by atoms with Gasteiger partial charge in [0.15, 0.2) is 6.61 Å². The Morgan fingerprint density at radius 3 is 2.74 bits per heavy atom. The van der Waals surface area contributed by atoms with Gasteiger partial charge in [-0.2, -0.15) is 0 Å². The van der Waals surface area contributed by atoms with E-state index in [9.17, 15) is 4.79 Å². The molecule has 4 rings (SSSR count). The third kappa shape index (κ3) is 4.22. The number of rotatable bonds is 7. The van der Waals surface area contributed by atoms with Crippen LogP contribution in [0.25, 0.3) is 10.8 Å². The Labute approximate surface area is 159 Å². The van der Waals surface area contributed by atoms with Crippen LogP contribution < -0.4 is 15.0 Å². The number of benzene rings is 3. The second-order valence-corrected chi connectivity index (χ2v) is 6.87. The van der Waals surface area contributed by atoms with Crippen molar-refractivity contribution in [3.8, 4) is 5.75 Å². The number of ether oxygens (including phenoxy) is 1. The maximum absolute atomic E-state index is 12.0. The SMILES string of the molecule is O=C(COc1ccc2ccccc2c1)NCCCN1CCc2ccccc21. The average molecular weight is 360 g/mol. The van der Waals surface area contributed by atoms with E-state index in [2.05, 4.69) is 40.5 Å². The second kappa shape index (κ2) is 8.12. The molecule has 3 aromatic carbocycles. The van der Waals surface area contributed by atoms with E-state index in [1.165, 1.54) is 11.3 Å². The van der Waals surface area contributed by atoms with E-state index in [1.54, 1.807) is 0 Å².